The summed E-state index contributed by atoms with van der Waals surface area (Å²) in [7, 11) is 0. The van der Waals surface area contributed by atoms with Gasteiger partial charge in [0.1, 0.15) is 10.6 Å². The maximum Gasteiger partial charge on any atom is 0.267 e. The number of thioether (sulfide) groups is 1. The number of benzene rings is 1. The normalized spacial score (nSPS) is 15.8. The van der Waals surface area contributed by atoms with Crippen LogP contribution in [0.1, 0.15) is 43.6 Å². The second kappa shape index (κ2) is 9.53. The lowest BCUT2D eigenvalue weighted by atomic mass is 9.89. The van der Waals surface area contributed by atoms with Crippen LogP contribution in [-0.4, -0.2) is 27.8 Å². The predicted molar refractivity (Wildman–Crippen MR) is 125 cm³/mol. The molecular formula is C23H26FN3O2S2. The number of halogens is 1. The molecule has 0 saturated carbocycles. The molecule has 1 atom stereocenters. The maximum absolute atomic E-state index is 14.7. The third-order valence-electron chi connectivity index (χ3n) is 5.58. The summed E-state index contributed by atoms with van der Waals surface area (Å²) in [6.07, 6.45) is 4.74. The molecule has 2 heterocycles. The first kappa shape index (κ1) is 22.0. The van der Waals surface area contributed by atoms with Crippen LogP contribution in [0.5, 0.6) is 0 Å². The maximum atomic E-state index is 14.7. The van der Waals surface area contributed by atoms with E-state index in [1.165, 1.54) is 27.3 Å². The van der Waals surface area contributed by atoms with Gasteiger partial charge < -0.3 is 5.32 Å². The fourth-order valence-corrected chi connectivity index (χ4v) is 6.16. The van der Waals surface area contributed by atoms with Gasteiger partial charge in [0.05, 0.1) is 16.8 Å². The highest BCUT2D eigenvalue weighted by molar-refractivity contribution is 7.99. The fraction of sp³-hybridized carbons (Fsp3) is 0.435. The summed E-state index contributed by atoms with van der Waals surface area (Å²) in [5.41, 5.74) is 0.977. The third-order valence-corrected chi connectivity index (χ3v) is 7.66. The van der Waals surface area contributed by atoms with Crippen LogP contribution in [-0.2, 0) is 17.6 Å². The number of unbranched alkanes of at least 4 members (excludes halogenated alkanes) is 1. The number of aromatic nitrogens is 2. The van der Waals surface area contributed by atoms with Gasteiger partial charge in [-0.1, -0.05) is 44.2 Å². The van der Waals surface area contributed by atoms with Crippen molar-refractivity contribution in [1.29, 1.82) is 0 Å². The zero-order chi connectivity index (χ0) is 22.0. The third kappa shape index (κ3) is 4.55. The Bertz CT molecular complexity index is 1170. The molecule has 1 aliphatic rings. The van der Waals surface area contributed by atoms with Crippen LogP contribution >= 0.6 is 23.1 Å². The Morgan fingerprint density at radius 2 is 2.19 bits per heavy atom. The van der Waals surface area contributed by atoms with Crippen molar-refractivity contribution in [2.75, 3.05) is 12.3 Å². The molecule has 8 heteroatoms. The molecule has 4 rings (SSSR count). The molecule has 2 aromatic heterocycles. The minimum atomic E-state index is -0.488. The van der Waals surface area contributed by atoms with Crippen molar-refractivity contribution in [2.45, 2.75) is 51.1 Å². The van der Waals surface area contributed by atoms with Crippen molar-refractivity contribution in [1.82, 2.24) is 14.9 Å². The molecule has 0 spiro atoms. The number of nitrogens with zero attached hydrogens (tertiary/aromatic N) is 2. The van der Waals surface area contributed by atoms with Crippen LogP contribution in [0.3, 0.4) is 0 Å². The van der Waals surface area contributed by atoms with Crippen molar-refractivity contribution >= 4 is 39.2 Å². The zero-order valence-electron chi connectivity index (χ0n) is 17.7. The highest BCUT2D eigenvalue weighted by Crippen LogP contribution is 2.37. The van der Waals surface area contributed by atoms with Crippen LogP contribution in [0.25, 0.3) is 15.9 Å². The minimum absolute atomic E-state index is 0.118. The summed E-state index contributed by atoms with van der Waals surface area (Å²) < 4.78 is 16.0. The van der Waals surface area contributed by atoms with E-state index in [-0.39, 0.29) is 22.9 Å². The lowest BCUT2D eigenvalue weighted by Gasteiger charge is -2.18. The van der Waals surface area contributed by atoms with E-state index >= 15 is 0 Å². The van der Waals surface area contributed by atoms with Gasteiger partial charge in [-0.05, 0) is 49.3 Å². The first-order valence-corrected chi connectivity index (χ1v) is 12.5. The van der Waals surface area contributed by atoms with Gasteiger partial charge in [0, 0.05) is 11.4 Å². The van der Waals surface area contributed by atoms with Crippen LogP contribution in [0.2, 0.25) is 0 Å². The lowest BCUT2D eigenvalue weighted by Crippen LogP contribution is -2.27. The number of amides is 1. The van der Waals surface area contributed by atoms with E-state index in [9.17, 15) is 14.0 Å². The Morgan fingerprint density at radius 3 is 2.97 bits per heavy atom. The Morgan fingerprint density at radius 1 is 1.39 bits per heavy atom. The largest absolute Gasteiger partial charge is 0.355 e. The SMILES string of the molecule is CCCCNC(=O)CSc1nc2sc3c(c2c(=O)n1-c1ccccc1F)CCC(C)C3. The highest BCUT2D eigenvalue weighted by Gasteiger charge is 2.26. The number of para-hydroxylation sites is 1. The predicted octanol–water partition coefficient (Wildman–Crippen LogP) is 4.72. The van der Waals surface area contributed by atoms with Gasteiger partial charge in [0.15, 0.2) is 5.16 Å². The van der Waals surface area contributed by atoms with Crippen LogP contribution < -0.4 is 10.9 Å². The summed E-state index contributed by atoms with van der Waals surface area (Å²) in [5.74, 6) is 0.0954. The molecule has 0 fully saturated rings. The van der Waals surface area contributed by atoms with E-state index < -0.39 is 5.82 Å². The number of nitrogens with one attached hydrogen (secondary N) is 1. The minimum Gasteiger partial charge on any atom is -0.355 e. The van der Waals surface area contributed by atoms with Crippen molar-refractivity contribution in [3.05, 3.63) is 50.9 Å². The van der Waals surface area contributed by atoms with Gasteiger partial charge in [-0.25, -0.2) is 9.37 Å². The number of carbonyl (C=O) groups is 1. The zero-order valence-corrected chi connectivity index (χ0v) is 19.4. The van der Waals surface area contributed by atoms with E-state index in [4.69, 9.17) is 4.98 Å². The smallest absolute Gasteiger partial charge is 0.267 e. The molecule has 1 aliphatic carbocycles. The quantitative estimate of drug-likeness (QED) is 0.315. The molecule has 1 N–H and O–H groups in total. The van der Waals surface area contributed by atoms with Crippen LogP contribution in [0, 0.1) is 11.7 Å². The second-order valence-corrected chi connectivity index (χ2v) is 10.0. The van der Waals surface area contributed by atoms with Gasteiger partial charge in [-0.15, -0.1) is 11.3 Å². The molecule has 1 aromatic carbocycles. The summed E-state index contributed by atoms with van der Waals surface area (Å²) in [5, 5.41) is 3.83. The molecule has 164 valence electrons. The standard InChI is InChI=1S/C23H26FN3O2S2/c1-3-4-11-25-19(28)13-30-23-26-21-20(15-10-9-14(2)12-18(15)31-21)22(29)27(23)17-8-6-5-7-16(17)24/h5-8,14H,3-4,9-13H2,1-2H3,(H,25,28). The number of aryl methyl sites for hydroxylation is 1. The molecular weight excluding hydrogens is 433 g/mol. The van der Waals surface area contributed by atoms with Gasteiger partial charge >= 0.3 is 0 Å². The van der Waals surface area contributed by atoms with Crippen molar-refractivity contribution in [3.8, 4) is 5.69 Å². The van der Waals surface area contributed by atoms with E-state index in [0.29, 0.717) is 27.8 Å². The second-order valence-electron chi connectivity index (χ2n) is 8.01. The first-order valence-electron chi connectivity index (χ1n) is 10.7. The average molecular weight is 460 g/mol. The molecule has 3 aromatic rings. The summed E-state index contributed by atoms with van der Waals surface area (Å²) in [6, 6.07) is 6.21. The number of fused-ring (bicyclic) bond motifs is 3. The molecule has 0 saturated heterocycles. The number of rotatable bonds is 7. The highest BCUT2D eigenvalue weighted by atomic mass is 32.2. The molecule has 5 nitrogen and oxygen atoms in total. The average Bonchev–Trinajstić information content (AvgIpc) is 3.11. The Kier molecular flexibility index (Phi) is 6.77. The van der Waals surface area contributed by atoms with E-state index in [2.05, 4.69) is 19.2 Å². The molecule has 0 bridgehead atoms. The first-order chi connectivity index (χ1) is 15.0. The summed E-state index contributed by atoms with van der Waals surface area (Å²) in [6.45, 7) is 4.91. The Balaban J connectivity index is 1.78. The van der Waals surface area contributed by atoms with Crippen molar-refractivity contribution in [2.24, 2.45) is 5.92 Å². The molecule has 1 unspecified atom stereocenters. The summed E-state index contributed by atoms with van der Waals surface area (Å²) in [4.78, 5) is 32.5. The van der Waals surface area contributed by atoms with Crippen molar-refractivity contribution < 1.29 is 9.18 Å². The fourth-order valence-electron chi connectivity index (χ4n) is 3.90. The Labute approximate surface area is 189 Å². The number of carbonyl (C=O) groups excluding carboxylic acids is 1. The van der Waals surface area contributed by atoms with Gasteiger partial charge in [-0.3, -0.25) is 14.2 Å². The lowest BCUT2D eigenvalue weighted by molar-refractivity contribution is -0.118. The molecule has 31 heavy (non-hydrogen) atoms. The van der Waals surface area contributed by atoms with E-state index in [1.54, 1.807) is 29.5 Å². The number of hydrogen-bond donors (Lipinski definition) is 1. The van der Waals surface area contributed by atoms with Crippen LogP contribution in [0.4, 0.5) is 4.39 Å². The van der Waals surface area contributed by atoms with Crippen LogP contribution in [0.15, 0.2) is 34.2 Å². The van der Waals surface area contributed by atoms with E-state index in [1.807, 2.05) is 0 Å². The number of hydrogen-bond acceptors (Lipinski definition) is 5. The van der Waals surface area contributed by atoms with Gasteiger partial charge in [0.2, 0.25) is 5.91 Å². The molecule has 0 aliphatic heterocycles. The van der Waals surface area contributed by atoms with E-state index in [0.717, 1.165) is 37.7 Å². The number of thiophene rings is 1. The van der Waals surface area contributed by atoms with Gasteiger partial charge in [-0.2, -0.15) is 0 Å². The van der Waals surface area contributed by atoms with Gasteiger partial charge in [0.25, 0.3) is 5.56 Å². The monoisotopic (exact) mass is 459 g/mol. The topological polar surface area (TPSA) is 64.0 Å². The van der Waals surface area contributed by atoms with Crippen molar-refractivity contribution in [3.63, 3.8) is 0 Å². The molecule has 0 radical (unpaired) electrons. The Hall–Kier alpha value is -2.19. The summed E-state index contributed by atoms with van der Waals surface area (Å²) >= 11 is 2.73. The molecule has 1 amide bonds.